The lowest BCUT2D eigenvalue weighted by molar-refractivity contribution is 0.225. The third kappa shape index (κ3) is 2.46. The van der Waals surface area contributed by atoms with Crippen LogP contribution >= 0.6 is 11.6 Å². The van der Waals surface area contributed by atoms with Crippen LogP contribution in [0.1, 0.15) is 38.2 Å². The number of hydrogen-bond acceptors (Lipinski definition) is 3. The fourth-order valence-corrected chi connectivity index (χ4v) is 3.32. The number of hydrazone groups is 1. The fraction of sp³-hybridized carbons (Fsp3) is 0.467. The third-order valence-electron chi connectivity index (χ3n) is 4.05. The maximum absolute atomic E-state index is 11.8. The molecule has 1 atom stereocenters. The lowest BCUT2D eigenvalue weighted by Gasteiger charge is -2.41. The first-order valence-corrected chi connectivity index (χ1v) is 7.61. The summed E-state index contributed by atoms with van der Waals surface area (Å²) >= 11 is 6.30. The molecule has 0 aromatic heterocycles. The van der Waals surface area contributed by atoms with Crippen LogP contribution in [0, 0.1) is 0 Å². The zero-order valence-electron chi connectivity index (χ0n) is 11.9. The standard InChI is InChI=1S/C15H18ClN3O2/c1-2-21-12-7-6-10(9-11(12)16)15-8-4-3-5-13(15)18-19-14(20)17-15/h6-7,9H,2-5,8H2,1H3,(H2,17,19,20). The van der Waals surface area contributed by atoms with Crippen molar-refractivity contribution in [2.24, 2.45) is 5.10 Å². The van der Waals surface area contributed by atoms with Crippen LogP contribution in [0.5, 0.6) is 5.75 Å². The molecule has 112 valence electrons. The zero-order valence-corrected chi connectivity index (χ0v) is 12.7. The molecule has 21 heavy (non-hydrogen) atoms. The molecule has 0 bridgehead atoms. The normalized spacial score (nSPS) is 24.5. The molecule has 0 radical (unpaired) electrons. The molecule has 2 N–H and O–H groups in total. The van der Waals surface area contributed by atoms with E-state index in [-0.39, 0.29) is 6.03 Å². The van der Waals surface area contributed by atoms with Gasteiger partial charge in [0.05, 0.1) is 17.3 Å². The van der Waals surface area contributed by atoms with Crippen molar-refractivity contribution in [3.05, 3.63) is 28.8 Å². The van der Waals surface area contributed by atoms with E-state index in [9.17, 15) is 4.79 Å². The molecule has 3 rings (SSSR count). The summed E-state index contributed by atoms with van der Waals surface area (Å²) in [5.41, 5.74) is 3.90. The van der Waals surface area contributed by atoms with E-state index in [1.807, 2.05) is 25.1 Å². The highest BCUT2D eigenvalue weighted by atomic mass is 35.5. The first-order chi connectivity index (χ1) is 10.2. The van der Waals surface area contributed by atoms with Gasteiger partial charge in [-0.15, -0.1) is 0 Å². The van der Waals surface area contributed by atoms with E-state index in [2.05, 4.69) is 15.8 Å². The molecule has 1 fully saturated rings. The number of fused-ring (bicyclic) bond motifs is 1. The van der Waals surface area contributed by atoms with Gasteiger partial charge in [0.25, 0.3) is 0 Å². The zero-order chi connectivity index (χ0) is 14.9. The topological polar surface area (TPSA) is 62.7 Å². The Morgan fingerprint density at radius 2 is 2.29 bits per heavy atom. The molecular formula is C15H18ClN3O2. The van der Waals surface area contributed by atoms with Crippen LogP contribution in [-0.2, 0) is 5.54 Å². The number of ether oxygens (including phenoxy) is 1. The molecule has 2 amide bonds. The summed E-state index contributed by atoms with van der Waals surface area (Å²) in [6.07, 6.45) is 3.84. The predicted molar refractivity (Wildman–Crippen MR) is 81.9 cm³/mol. The highest BCUT2D eigenvalue weighted by Crippen LogP contribution is 2.39. The Labute approximate surface area is 128 Å². The van der Waals surface area contributed by atoms with Gasteiger partial charge in [0.2, 0.25) is 0 Å². The van der Waals surface area contributed by atoms with Gasteiger partial charge in [-0.1, -0.05) is 17.7 Å². The van der Waals surface area contributed by atoms with Crippen molar-refractivity contribution in [3.8, 4) is 5.75 Å². The van der Waals surface area contributed by atoms with E-state index >= 15 is 0 Å². The van der Waals surface area contributed by atoms with Gasteiger partial charge in [0.15, 0.2) is 0 Å². The number of benzene rings is 1. The van der Waals surface area contributed by atoms with Gasteiger partial charge in [0.1, 0.15) is 11.3 Å². The number of halogens is 1. The van der Waals surface area contributed by atoms with E-state index in [0.29, 0.717) is 17.4 Å². The van der Waals surface area contributed by atoms with Crippen molar-refractivity contribution in [1.29, 1.82) is 0 Å². The van der Waals surface area contributed by atoms with Gasteiger partial charge in [-0.25, -0.2) is 10.2 Å². The summed E-state index contributed by atoms with van der Waals surface area (Å²) < 4.78 is 5.47. The van der Waals surface area contributed by atoms with Gasteiger partial charge in [-0.3, -0.25) is 0 Å². The van der Waals surface area contributed by atoms with E-state index < -0.39 is 5.54 Å². The first-order valence-electron chi connectivity index (χ1n) is 7.24. The average molecular weight is 308 g/mol. The Morgan fingerprint density at radius 3 is 3.05 bits per heavy atom. The van der Waals surface area contributed by atoms with Gasteiger partial charge in [-0.2, -0.15) is 5.10 Å². The number of urea groups is 1. The molecule has 1 unspecified atom stereocenters. The number of nitrogens with one attached hydrogen (secondary N) is 2. The highest BCUT2D eigenvalue weighted by molar-refractivity contribution is 6.32. The molecule has 1 saturated carbocycles. The molecule has 0 saturated heterocycles. The molecule has 1 aromatic carbocycles. The number of rotatable bonds is 3. The first kappa shape index (κ1) is 14.2. The molecule has 1 heterocycles. The van der Waals surface area contributed by atoms with Crippen LogP contribution < -0.4 is 15.5 Å². The summed E-state index contributed by atoms with van der Waals surface area (Å²) in [6.45, 7) is 2.49. The van der Waals surface area contributed by atoms with Crippen LogP contribution in [-0.4, -0.2) is 18.3 Å². The Hall–Kier alpha value is -1.75. The van der Waals surface area contributed by atoms with Crippen LogP contribution in [0.3, 0.4) is 0 Å². The number of carbonyl (C=O) groups excluding carboxylic acids is 1. The molecule has 1 aromatic rings. The maximum atomic E-state index is 11.8. The quantitative estimate of drug-likeness (QED) is 0.901. The second kappa shape index (κ2) is 5.56. The van der Waals surface area contributed by atoms with Crippen molar-refractivity contribution >= 4 is 23.3 Å². The summed E-state index contributed by atoms with van der Waals surface area (Å²) in [5.74, 6) is 0.661. The minimum absolute atomic E-state index is 0.273. The molecule has 0 spiro atoms. The largest absolute Gasteiger partial charge is 0.492 e. The summed E-state index contributed by atoms with van der Waals surface area (Å²) in [4.78, 5) is 11.8. The smallest absolute Gasteiger partial charge is 0.336 e. The molecule has 6 heteroatoms. The van der Waals surface area contributed by atoms with Gasteiger partial charge >= 0.3 is 6.03 Å². The highest BCUT2D eigenvalue weighted by Gasteiger charge is 2.43. The van der Waals surface area contributed by atoms with Gasteiger partial charge < -0.3 is 10.1 Å². The average Bonchev–Trinajstić information content (AvgIpc) is 2.49. The Bertz CT molecular complexity index is 603. The van der Waals surface area contributed by atoms with E-state index in [0.717, 1.165) is 37.0 Å². The van der Waals surface area contributed by atoms with Crippen molar-refractivity contribution in [2.45, 2.75) is 38.1 Å². The maximum Gasteiger partial charge on any atom is 0.336 e. The fourth-order valence-electron chi connectivity index (χ4n) is 3.09. The second-order valence-electron chi connectivity index (χ2n) is 5.32. The van der Waals surface area contributed by atoms with Crippen LogP contribution in [0.4, 0.5) is 4.79 Å². The molecular weight excluding hydrogens is 290 g/mol. The number of amides is 2. The Kier molecular flexibility index (Phi) is 3.76. The van der Waals surface area contributed by atoms with Crippen molar-refractivity contribution < 1.29 is 9.53 Å². The summed E-state index contributed by atoms with van der Waals surface area (Å²) in [7, 11) is 0. The molecule has 1 aliphatic heterocycles. The predicted octanol–water partition coefficient (Wildman–Crippen LogP) is 3.18. The molecule has 2 aliphatic rings. The van der Waals surface area contributed by atoms with E-state index in [1.165, 1.54) is 0 Å². The third-order valence-corrected chi connectivity index (χ3v) is 4.35. The van der Waals surface area contributed by atoms with Crippen molar-refractivity contribution in [3.63, 3.8) is 0 Å². The Morgan fingerprint density at radius 1 is 1.43 bits per heavy atom. The minimum Gasteiger partial charge on any atom is -0.492 e. The molecule has 5 nitrogen and oxygen atoms in total. The van der Waals surface area contributed by atoms with E-state index in [4.69, 9.17) is 16.3 Å². The lowest BCUT2D eigenvalue weighted by Crippen LogP contribution is -2.59. The van der Waals surface area contributed by atoms with Crippen molar-refractivity contribution in [1.82, 2.24) is 10.7 Å². The van der Waals surface area contributed by atoms with Crippen molar-refractivity contribution in [2.75, 3.05) is 6.61 Å². The number of hydrogen-bond donors (Lipinski definition) is 2. The minimum atomic E-state index is -0.533. The van der Waals surface area contributed by atoms with E-state index in [1.54, 1.807) is 0 Å². The molecule has 1 aliphatic carbocycles. The SMILES string of the molecule is CCOc1ccc(C23CCCCC2=NNC(=O)N3)cc1Cl. The van der Waals surface area contributed by atoms with Crippen LogP contribution in [0.25, 0.3) is 0 Å². The second-order valence-corrected chi connectivity index (χ2v) is 5.72. The summed E-state index contributed by atoms with van der Waals surface area (Å²) in [6, 6.07) is 5.42. The van der Waals surface area contributed by atoms with Gasteiger partial charge in [-0.05, 0) is 50.3 Å². The Balaban J connectivity index is 2.03. The number of nitrogens with zero attached hydrogens (tertiary/aromatic N) is 1. The lowest BCUT2D eigenvalue weighted by atomic mass is 9.74. The van der Waals surface area contributed by atoms with Crippen LogP contribution in [0.2, 0.25) is 5.02 Å². The van der Waals surface area contributed by atoms with Gasteiger partial charge in [0, 0.05) is 0 Å². The number of carbonyl (C=O) groups is 1. The van der Waals surface area contributed by atoms with Crippen LogP contribution in [0.15, 0.2) is 23.3 Å². The summed E-state index contributed by atoms with van der Waals surface area (Å²) in [5, 5.41) is 7.85. The monoisotopic (exact) mass is 307 g/mol.